The number of amides is 1. The molecule has 88 valence electrons. The molecule has 0 atom stereocenters. The maximum absolute atomic E-state index is 11.7. The van der Waals surface area contributed by atoms with Gasteiger partial charge in [0, 0.05) is 12.2 Å². The number of carbonyl (C=O) groups is 2. The van der Waals surface area contributed by atoms with Crippen molar-refractivity contribution >= 4 is 17.6 Å². The van der Waals surface area contributed by atoms with Crippen LogP contribution in [0.25, 0.3) is 0 Å². The highest BCUT2D eigenvalue weighted by Gasteiger charge is 2.23. The van der Waals surface area contributed by atoms with Crippen molar-refractivity contribution in [1.29, 1.82) is 5.26 Å². The largest absolute Gasteiger partial charge is 0.462 e. The molecule has 0 unspecified atom stereocenters. The van der Waals surface area contributed by atoms with Crippen LogP contribution < -0.4 is 4.90 Å². The van der Waals surface area contributed by atoms with Gasteiger partial charge < -0.3 is 9.64 Å². The lowest BCUT2D eigenvalue weighted by molar-refractivity contribution is -0.151. The normalized spacial score (nSPS) is 9.18. The van der Waals surface area contributed by atoms with Crippen molar-refractivity contribution in [1.82, 2.24) is 0 Å². The lowest BCUT2D eigenvalue weighted by Gasteiger charge is -2.19. The van der Waals surface area contributed by atoms with Gasteiger partial charge in [-0.1, -0.05) is 18.2 Å². The molecular weight excluding hydrogens is 220 g/mol. The van der Waals surface area contributed by atoms with Crippen LogP contribution >= 0.6 is 0 Å². The quantitative estimate of drug-likeness (QED) is 0.578. The van der Waals surface area contributed by atoms with Crippen molar-refractivity contribution in [2.24, 2.45) is 0 Å². The third-order valence-electron chi connectivity index (χ3n) is 2.12. The Kier molecular flexibility index (Phi) is 4.70. The Balaban J connectivity index is 2.93. The third-order valence-corrected chi connectivity index (χ3v) is 2.12. The maximum Gasteiger partial charge on any atom is 0.397 e. The van der Waals surface area contributed by atoms with Crippen LogP contribution in [0.2, 0.25) is 0 Å². The fourth-order valence-electron chi connectivity index (χ4n) is 1.32. The number of anilines is 1. The minimum Gasteiger partial charge on any atom is -0.462 e. The van der Waals surface area contributed by atoms with Crippen LogP contribution in [0, 0.1) is 11.3 Å². The van der Waals surface area contributed by atoms with Crippen LogP contribution in [0.5, 0.6) is 0 Å². The summed E-state index contributed by atoms with van der Waals surface area (Å²) in [7, 11) is 1.15. The van der Waals surface area contributed by atoms with Gasteiger partial charge >= 0.3 is 11.9 Å². The average Bonchev–Trinajstić information content (AvgIpc) is 2.39. The summed E-state index contributed by atoms with van der Waals surface area (Å²) >= 11 is 0. The van der Waals surface area contributed by atoms with Crippen LogP contribution in [0.4, 0.5) is 5.69 Å². The predicted molar refractivity (Wildman–Crippen MR) is 61.0 cm³/mol. The lowest BCUT2D eigenvalue weighted by Crippen LogP contribution is -2.38. The first-order valence-corrected chi connectivity index (χ1v) is 5.02. The second-order valence-corrected chi connectivity index (χ2v) is 3.19. The van der Waals surface area contributed by atoms with Gasteiger partial charge in [-0.25, -0.2) is 4.79 Å². The molecule has 0 bridgehead atoms. The summed E-state index contributed by atoms with van der Waals surface area (Å²) in [4.78, 5) is 24.1. The second kappa shape index (κ2) is 6.28. The first-order chi connectivity index (χ1) is 8.20. The molecule has 17 heavy (non-hydrogen) atoms. The number of rotatable bonds is 3. The zero-order valence-electron chi connectivity index (χ0n) is 9.42. The number of methoxy groups -OCH3 is 1. The van der Waals surface area contributed by atoms with Crippen molar-refractivity contribution in [3.05, 3.63) is 30.3 Å². The van der Waals surface area contributed by atoms with E-state index in [1.54, 1.807) is 30.3 Å². The van der Waals surface area contributed by atoms with Gasteiger partial charge in [0.1, 0.15) is 0 Å². The van der Waals surface area contributed by atoms with Crippen molar-refractivity contribution < 1.29 is 14.3 Å². The SMILES string of the molecule is COC(=O)C(=O)N(CCC#N)c1ccccc1. The van der Waals surface area contributed by atoms with Crippen molar-refractivity contribution in [3.63, 3.8) is 0 Å². The number of esters is 1. The highest BCUT2D eigenvalue weighted by molar-refractivity contribution is 6.38. The molecule has 0 aliphatic carbocycles. The summed E-state index contributed by atoms with van der Waals surface area (Å²) in [6.07, 6.45) is 0.150. The molecule has 1 amide bonds. The van der Waals surface area contributed by atoms with Crippen LogP contribution in [0.15, 0.2) is 30.3 Å². The number of nitriles is 1. The number of hydrogen-bond donors (Lipinski definition) is 0. The van der Waals surface area contributed by atoms with Gasteiger partial charge in [-0.15, -0.1) is 0 Å². The number of carbonyl (C=O) groups excluding carboxylic acids is 2. The zero-order valence-corrected chi connectivity index (χ0v) is 9.42. The Labute approximate surface area is 99.2 Å². The van der Waals surface area contributed by atoms with Crippen molar-refractivity contribution in [3.8, 4) is 6.07 Å². The lowest BCUT2D eigenvalue weighted by atomic mass is 10.2. The van der Waals surface area contributed by atoms with Crippen LogP contribution in [0.1, 0.15) is 6.42 Å². The highest BCUT2D eigenvalue weighted by Crippen LogP contribution is 2.14. The molecule has 0 spiro atoms. The summed E-state index contributed by atoms with van der Waals surface area (Å²) in [5, 5.41) is 8.54. The Hall–Kier alpha value is -2.35. The van der Waals surface area contributed by atoms with Crippen molar-refractivity contribution in [2.75, 3.05) is 18.6 Å². The average molecular weight is 232 g/mol. The summed E-state index contributed by atoms with van der Waals surface area (Å²) < 4.78 is 4.38. The summed E-state index contributed by atoms with van der Waals surface area (Å²) in [6, 6.07) is 10.6. The molecule has 5 nitrogen and oxygen atoms in total. The predicted octanol–water partition coefficient (Wildman–Crippen LogP) is 1.11. The van der Waals surface area contributed by atoms with E-state index >= 15 is 0 Å². The van der Waals surface area contributed by atoms with Gasteiger partial charge in [0.2, 0.25) is 0 Å². The smallest absolute Gasteiger partial charge is 0.397 e. The molecule has 5 heteroatoms. The number of nitrogens with zero attached hydrogens (tertiary/aromatic N) is 2. The minimum atomic E-state index is -0.938. The van der Waals surface area contributed by atoms with Gasteiger partial charge in [-0.05, 0) is 12.1 Å². The molecule has 1 aromatic rings. The maximum atomic E-state index is 11.7. The van der Waals surface area contributed by atoms with Crippen molar-refractivity contribution in [2.45, 2.75) is 6.42 Å². The fourth-order valence-corrected chi connectivity index (χ4v) is 1.32. The Morgan fingerprint density at radius 3 is 2.53 bits per heavy atom. The van der Waals surface area contributed by atoms with E-state index in [-0.39, 0.29) is 13.0 Å². The third kappa shape index (κ3) is 3.31. The molecule has 0 N–H and O–H groups in total. The molecule has 0 aromatic heterocycles. The standard InChI is InChI=1S/C12H12N2O3/c1-17-12(16)11(15)14(9-5-8-13)10-6-3-2-4-7-10/h2-4,6-7H,5,9H2,1H3. The number of ether oxygens (including phenoxy) is 1. The summed E-state index contributed by atoms with van der Waals surface area (Å²) in [5.74, 6) is -1.71. The monoisotopic (exact) mass is 232 g/mol. The molecule has 0 heterocycles. The van der Waals surface area contributed by atoms with Gasteiger partial charge in [0.25, 0.3) is 0 Å². The van der Waals surface area contributed by atoms with E-state index in [0.717, 1.165) is 7.11 Å². The van der Waals surface area contributed by atoms with E-state index < -0.39 is 11.9 Å². The molecule has 1 aromatic carbocycles. The van der Waals surface area contributed by atoms with Gasteiger partial charge in [-0.3, -0.25) is 4.79 Å². The second-order valence-electron chi connectivity index (χ2n) is 3.19. The van der Waals surface area contributed by atoms with E-state index in [1.807, 2.05) is 6.07 Å². The molecule has 0 saturated heterocycles. The highest BCUT2D eigenvalue weighted by atomic mass is 16.5. The molecule has 0 fully saturated rings. The number of para-hydroxylation sites is 1. The first kappa shape index (κ1) is 12.7. The van der Waals surface area contributed by atoms with E-state index in [2.05, 4.69) is 4.74 Å². The van der Waals surface area contributed by atoms with Crippen LogP contribution in [-0.4, -0.2) is 25.5 Å². The topological polar surface area (TPSA) is 70.4 Å². The van der Waals surface area contributed by atoms with E-state index in [0.29, 0.717) is 5.69 Å². The Bertz CT molecular complexity index is 437. The van der Waals surface area contributed by atoms with E-state index in [4.69, 9.17) is 5.26 Å². The Morgan fingerprint density at radius 1 is 1.35 bits per heavy atom. The Morgan fingerprint density at radius 2 is 2.00 bits per heavy atom. The van der Waals surface area contributed by atoms with Crippen LogP contribution in [-0.2, 0) is 14.3 Å². The molecule has 0 saturated carbocycles. The van der Waals surface area contributed by atoms with E-state index in [1.165, 1.54) is 4.90 Å². The zero-order chi connectivity index (χ0) is 12.7. The number of hydrogen-bond acceptors (Lipinski definition) is 4. The minimum absolute atomic E-state index is 0.150. The fraction of sp³-hybridized carbons (Fsp3) is 0.250. The molecule has 0 radical (unpaired) electrons. The number of benzene rings is 1. The molecular formula is C12H12N2O3. The van der Waals surface area contributed by atoms with Gasteiger partial charge in [0.15, 0.2) is 0 Å². The van der Waals surface area contributed by atoms with Gasteiger partial charge in [0.05, 0.1) is 19.6 Å². The first-order valence-electron chi connectivity index (χ1n) is 5.02. The van der Waals surface area contributed by atoms with Gasteiger partial charge in [-0.2, -0.15) is 5.26 Å². The molecule has 1 rings (SSSR count). The van der Waals surface area contributed by atoms with E-state index in [9.17, 15) is 9.59 Å². The summed E-state index contributed by atoms with van der Waals surface area (Å²) in [6.45, 7) is 0.161. The molecule has 0 aliphatic rings. The van der Waals surface area contributed by atoms with Crippen LogP contribution in [0.3, 0.4) is 0 Å². The molecule has 0 aliphatic heterocycles. The summed E-state index contributed by atoms with van der Waals surface area (Å²) in [5.41, 5.74) is 0.568.